The van der Waals surface area contributed by atoms with Crippen LogP contribution in [0.2, 0.25) is 0 Å². The molecule has 1 unspecified atom stereocenters. The molecule has 23 heavy (non-hydrogen) atoms. The van der Waals surface area contributed by atoms with Crippen molar-refractivity contribution < 1.29 is 9.59 Å². The predicted molar refractivity (Wildman–Crippen MR) is 90.4 cm³/mol. The van der Waals surface area contributed by atoms with E-state index in [9.17, 15) is 9.59 Å². The summed E-state index contributed by atoms with van der Waals surface area (Å²) >= 11 is 0. The number of hydrogen-bond donors (Lipinski definition) is 4. The number of anilines is 1. The van der Waals surface area contributed by atoms with Gasteiger partial charge in [0.05, 0.1) is 11.6 Å². The Bertz CT molecular complexity index is 620. The molecule has 1 aromatic carbocycles. The Morgan fingerprint density at radius 2 is 2.04 bits per heavy atom. The number of hydrazine groups is 1. The van der Waals surface area contributed by atoms with E-state index < -0.39 is 17.2 Å². The molecule has 0 radical (unpaired) electrons. The van der Waals surface area contributed by atoms with E-state index in [0.29, 0.717) is 19.4 Å². The van der Waals surface area contributed by atoms with Crippen LogP contribution >= 0.6 is 0 Å². The Labute approximate surface area is 136 Å². The lowest BCUT2D eigenvalue weighted by Crippen LogP contribution is -2.42. The van der Waals surface area contributed by atoms with Crippen molar-refractivity contribution in [2.45, 2.75) is 32.9 Å². The number of Topliss-reactive ketones (excluding diaryl/α,β-unsaturated/α-hetero) is 1. The van der Waals surface area contributed by atoms with E-state index in [2.05, 4.69) is 16.2 Å². The zero-order valence-electron chi connectivity index (χ0n) is 13.8. The number of aldehydes is 1. The molecule has 1 heterocycles. The highest BCUT2D eigenvalue weighted by molar-refractivity contribution is 6.27. The van der Waals surface area contributed by atoms with E-state index in [1.807, 2.05) is 45.0 Å². The Hall–Kier alpha value is -2.18. The lowest BCUT2D eigenvalue weighted by molar-refractivity contribution is -0.132. The van der Waals surface area contributed by atoms with Crippen molar-refractivity contribution >= 4 is 17.8 Å². The van der Waals surface area contributed by atoms with Gasteiger partial charge in [-0.25, -0.2) is 0 Å². The molecule has 0 aliphatic carbocycles. The molecule has 1 fully saturated rings. The van der Waals surface area contributed by atoms with Gasteiger partial charge in [0.15, 0.2) is 6.29 Å². The molecular formula is C17H24N4O2. The van der Waals surface area contributed by atoms with Crippen LogP contribution in [0.4, 0.5) is 5.69 Å². The first kappa shape index (κ1) is 17.2. The van der Waals surface area contributed by atoms with Crippen molar-refractivity contribution in [2.75, 3.05) is 12.0 Å². The number of nitrogens with two attached hydrogens (primary N) is 1. The van der Waals surface area contributed by atoms with Crippen molar-refractivity contribution in [3.05, 3.63) is 41.1 Å². The fourth-order valence-corrected chi connectivity index (χ4v) is 2.88. The summed E-state index contributed by atoms with van der Waals surface area (Å²) in [6, 6.07) is 7.76. The number of carbonyl (C=O) groups excluding carboxylic acids is 2. The van der Waals surface area contributed by atoms with Crippen LogP contribution in [0, 0.1) is 5.92 Å². The van der Waals surface area contributed by atoms with Crippen LogP contribution in [-0.4, -0.2) is 24.2 Å². The second-order valence-corrected chi connectivity index (χ2v) is 6.33. The molecule has 0 aromatic heterocycles. The smallest absolute Gasteiger partial charge is 0.204 e. The third-order valence-corrected chi connectivity index (χ3v) is 4.27. The largest absolute Gasteiger partial charge is 0.326 e. The molecule has 0 saturated carbocycles. The second-order valence-electron chi connectivity index (χ2n) is 6.33. The topological polar surface area (TPSA) is 96.2 Å². The molecule has 0 bridgehead atoms. The van der Waals surface area contributed by atoms with E-state index in [-0.39, 0.29) is 0 Å². The fourth-order valence-electron chi connectivity index (χ4n) is 2.88. The van der Waals surface area contributed by atoms with Gasteiger partial charge in [-0.05, 0) is 44.0 Å². The Morgan fingerprint density at radius 3 is 2.61 bits per heavy atom. The highest BCUT2D eigenvalue weighted by atomic mass is 16.2. The van der Waals surface area contributed by atoms with Gasteiger partial charge in [-0.2, -0.15) is 0 Å². The number of allylic oxidation sites excluding steroid dienone is 1. The maximum Gasteiger partial charge on any atom is 0.204 e. The van der Waals surface area contributed by atoms with Gasteiger partial charge in [-0.15, -0.1) is 0 Å². The minimum Gasteiger partial charge on any atom is -0.326 e. The van der Waals surface area contributed by atoms with Crippen LogP contribution < -0.4 is 21.9 Å². The molecule has 6 heteroatoms. The van der Waals surface area contributed by atoms with E-state index in [1.165, 1.54) is 0 Å². The maximum atomic E-state index is 12.0. The first-order valence-corrected chi connectivity index (χ1v) is 7.63. The molecule has 1 aromatic rings. The monoisotopic (exact) mass is 316 g/mol. The summed E-state index contributed by atoms with van der Waals surface area (Å²) in [4.78, 5) is 22.9. The molecule has 1 aliphatic rings. The summed E-state index contributed by atoms with van der Waals surface area (Å²) in [5.41, 5.74) is 15.1. The van der Waals surface area contributed by atoms with Gasteiger partial charge in [-0.3, -0.25) is 9.59 Å². The van der Waals surface area contributed by atoms with Crippen LogP contribution in [0.15, 0.2) is 35.5 Å². The first-order chi connectivity index (χ1) is 10.9. The van der Waals surface area contributed by atoms with Crippen LogP contribution in [0.3, 0.4) is 0 Å². The summed E-state index contributed by atoms with van der Waals surface area (Å²) in [5.74, 6) is -0.850. The van der Waals surface area contributed by atoms with E-state index in [1.54, 1.807) is 0 Å². The third kappa shape index (κ3) is 3.78. The van der Waals surface area contributed by atoms with Gasteiger partial charge in [0.25, 0.3) is 0 Å². The van der Waals surface area contributed by atoms with Crippen molar-refractivity contribution in [1.82, 2.24) is 10.7 Å². The van der Waals surface area contributed by atoms with Crippen LogP contribution in [0.25, 0.3) is 0 Å². The summed E-state index contributed by atoms with van der Waals surface area (Å²) in [7, 11) is 0. The third-order valence-electron chi connectivity index (χ3n) is 4.27. The van der Waals surface area contributed by atoms with Gasteiger partial charge in [0, 0.05) is 24.3 Å². The zero-order valence-corrected chi connectivity index (χ0v) is 13.8. The molecular weight excluding hydrogens is 292 g/mol. The van der Waals surface area contributed by atoms with Gasteiger partial charge in [-0.1, -0.05) is 12.1 Å². The number of carbonyl (C=O) groups is 2. The van der Waals surface area contributed by atoms with E-state index >= 15 is 0 Å². The lowest BCUT2D eigenvalue weighted by Gasteiger charge is -2.25. The summed E-state index contributed by atoms with van der Waals surface area (Å²) in [6.45, 7) is 6.83. The normalized spacial score (nSPS) is 21.7. The average molecular weight is 316 g/mol. The molecule has 1 saturated heterocycles. The molecule has 6 nitrogen and oxygen atoms in total. The van der Waals surface area contributed by atoms with Crippen molar-refractivity contribution in [3.8, 4) is 0 Å². The molecule has 2 rings (SSSR count). The zero-order chi connectivity index (χ0) is 17.0. The highest BCUT2D eigenvalue weighted by Gasteiger charge is 2.43. The standard InChI is InChI=1S/C17H24N4O2/c1-11(20-21-13-6-4-12(8-18)5-7-13)14-9-19-17(2,3)16(14)15(23)10-22/h4-7,10,16,19-21H,8-9,18H2,1-3H3. The van der Waals surface area contributed by atoms with Gasteiger partial charge in [0.2, 0.25) is 5.78 Å². The fraction of sp³-hybridized carbons (Fsp3) is 0.412. The molecule has 0 spiro atoms. The minimum absolute atomic E-state index is 0.400. The SMILES string of the molecule is CC(NNc1ccc(CN)cc1)=C1CNC(C)(C)C1C(=O)C=O. The number of ketones is 1. The summed E-state index contributed by atoms with van der Waals surface area (Å²) < 4.78 is 0. The van der Waals surface area contributed by atoms with Crippen LogP contribution in [0.5, 0.6) is 0 Å². The highest BCUT2D eigenvalue weighted by Crippen LogP contribution is 2.32. The van der Waals surface area contributed by atoms with Crippen molar-refractivity contribution in [3.63, 3.8) is 0 Å². The minimum atomic E-state index is -0.450. The van der Waals surface area contributed by atoms with Gasteiger partial charge >= 0.3 is 0 Å². The molecule has 1 aliphatic heterocycles. The maximum absolute atomic E-state index is 12.0. The molecule has 1 atom stereocenters. The molecule has 124 valence electrons. The van der Waals surface area contributed by atoms with Crippen LogP contribution in [0.1, 0.15) is 26.3 Å². The number of rotatable bonds is 6. The van der Waals surface area contributed by atoms with Gasteiger partial charge < -0.3 is 21.9 Å². The second kappa shape index (κ2) is 6.93. The Morgan fingerprint density at radius 1 is 1.39 bits per heavy atom. The van der Waals surface area contributed by atoms with E-state index in [4.69, 9.17) is 5.73 Å². The Kier molecular flexibility index (Phi) is 5.18. The van der Waals surface area contributed by atoms with E-state index in [0.717, 1.165) is 22.5 Å². The van der Waals surface area contributed by atoms with Gasteiger partial charge in [0.1, 0.15) is 0 Å². The first-order valence-electron chi connectivity index (χ1n) is 7.63. The summed E-state index contributed by atoms with van der Waals surface area (Å²) in [6.07, 6.45) is 0.408. The number of nitrogens with one attached hydrogen (secondary N) is 3. The Balaban J connectivity index is 2.13. The van der Waals surface area contributed by atoms with Crippen molar-refractivity contribution in [2.24, 2.45) is 11.7 Å². The lowest BCUT2D eigenvalue weighted by atomic mass is 9.82. The quantitative estimate of drug-likeness (QED) is 0.357. The number of benzene rings is 1. The average Bonchev–Trinajstić information content (AvgIpc) is 2.87. The number of hydrogen-bond acceptors (Lipinski definition) is 6. The predicted octanol–water partition coefficient (Wildman–Crippen LogP) is 1.10. The van der Waals surface area contributed by atoms with Crippen LogP contribution in [-0.2, 0) is 16.1 Å². The summed E-state index contributed by atoms with van der Waals surface area (Å²) in [5, 5.41) is 3.29. The molecule has 5 N–H and O–H groups in total. The van der Waals surface area contributed by atoms with Crippen molar-refractivity contribution in [1.29, 1.82) is 0 Å². The molecule has 0 amide bonds.